The molecule has 8 heteroatoms. The summed E-state index contributed by atoms with van der Waals surface area (Å²) in [6.45, 7) is 1.17. The SMILES string of the molecule is B[C@H]1c2c(Br)ccc(S(C)(=O)=O)c2[C@H](OC(C)=O)[C@@H]1F. The third-order valence-electron chi connectivity index (χ3n) is 3.39. The molecule has 0 amide bonds. The summed E-state index contributed by atoms with van der Waals surface area (Å²) in [5.74, 6) is -1.19. The number of fused-ring (bicyclic) bond motifs is 1. The summed E-state index contributed by atoms with van der Waals surface area (Å²) in [5, 5.41) is 0. The van der Waals surface area contributed by atoms with Gasteiger partial charge in [0.05, 0.1) is 4.90 Å². The fraction of sp³-hybridized carbons (Fsp3) is 0.417. The van der Waals surface area contributed by atoms with Gasteiger partial charge in [0.15, 0.2) is 15.9 Å². The van der Waals surface area contributed by atoms with Gasteiger partial charge in [-0.3, -0.25) is 4.79 Å². The standard InChI is InChI=1S/C12H13BBrFO4S/c1-5(16)19-12-9-7(20(2,17)18)4-3-6(14)8(9)10(13)11(12)15/h3-4,10-12H,13H2,1-2H3/t10-,11+,12-/m0/s1. The van der Waals surface area contributed by atoms with Crippen LogP contribution in [0.3, 0.4) is 0 Å². The van der Waals surface area contributed by atoms with Crippen LogP contribution in [0.15, 0.2) is 21.5 Å². The van der Waals surface area contributed by atoms with Crippen molar-refractivity contribution in [3.05, 3.63) is 27.7 Å². The number of rotatable bonds is 2. The number of carbonyl (C=O) groups is 1. The smallest absolute Gasteiger partial charge is 0.303 e. The normalized spacial score (nSPS) is 25.3. The fourth-order valence-corrected chi connectivity index (χ4v) is 4.20. The number of halogens is 2. The maximum atomic E-state index is 14.4. The van der Waals surface area contributed by atoms with Crippen LogP contribution in [0.4, 0.5) is 4.39 Å². The van der Waals surface area contributed by atoms with Crippen molar-refractivity contribution in [2.75, 3.05) is 6.26 Å². The Bertz CT molecular complexity index is 676. The number of hydrogen-bond donors (Lipinski definition) is 0. The molecule has 2 rings (SSSR count). The summed E-state index contributed by atoms with van der Waals surface area (Å²) in [5.41, 5.74) is 0.795. The van der Waals surface area contributed by atoms with E-state index in [1.807, 2.05) is 0 Å². The molecule has 1 aliphatic carbocycles. The highest BCUT2D eigenvalue weighted by atomic mass is 79.9. The van der Waals surface area contributed by atoms with Gasteiger partial charge in [0.1, 0.15) is 14.0 Å². The quantitative estimate of drug-likeness (QED) is 0.590. The van der Waals surface area contributed by atoms with Crippen molar-refractivity contribution in [2.45, 2.75) is 29.9 Å². The van der Waals surface area contributed by atoms with E-state index in [9.17, 15) is 17.6 Å². The molecule has 0 radical (unpaired) electrons. The van der Waals surface area contributed by atoms with Crippen LogP contribution in [0.5, 0.6) is 0 Å². The van der Waals surface area contributed by atoms with Crippen LogP contribution in [0.2, 0.25) is 0 Å². The Kier molecular flexibility index (Phi) is 3.99. The zero-order valence-electron chi connectivity index (χ0n) is 11.2. The van der Waals surface area contributed by atoms with Crippen molar-refractivity contribution in [1.82, 2.24) is 0 Å². The van der Waals surface area contributed by atoms with Crippen molar-refractivity contribution < 1.29 is 22.3 Å². The molecule has 0 saturated heterocycles. The molecular formula is C12H13BBrFO4S. The van der Waals surface area contributed by atoms with E-state index in [4.69, 9.17) is 4.74 Å². The van der Waals surface area contributed by atoms with Crippen LogP contribution in [0.1, 0.15) is 30.0 Å². The van der Waals surface area contributed by atoms with E-state index in [2.05, 4.69) is 15.9 Å². The summed E-state index contributed by atoms with van der Waals surface area (Å²) >= 11 is 3.31. The highest BCUT2D eigenvalue weighted by Crippen LogP contribution is 2.48. The van der Waals surface area contributed by atoms with Gasteiger partial charge in [0, 0.05) is 23.2 Å². The lowest BCUT2D eigenvalue weighted by Crippen LogP contribution is -2.19. The highest BCUT2D eigenvalue weighted by Gasteiger charge is 2.44. The highest BCUT2D eigenvalue weighted by molar-refractivity contribution is 9.10. The van der Waals surface area contributed by atoms with Gasteiger partial charge in [0.25, 0.3) is 0 Å². The Balaban J connectivity index is 2.74. The van der Waals surface area contributed by atoms with Crippen LogP contribution in [-0.2, 0) is 19.4 Å². The Morgan fingerprint density at radius 1 is 1.40 bits per heavy atom. The first-order valence-corrected chi connectivity index (χ1v) is 8.66. The average molecular weight is 363 g/mol. The van der Waals surface area contributed by atoms with Crippen LogP contribution < -0.4 is 0 Å². The van der Waals surface area contributed by atoms with Gasteiger partial charge in [-0.25, -0.2) is 12.8 Å². The topological polar surface area (TPSA) is 60.4 Å². The molecule has 1 aliphatic rings. The van der Waals surface area contributed by atoms with E-state index < -0.39 is 33.9 Å². The number of sulfone groups is 1. The summed E-state index contributed by atoms with van der Waals surface area (Å²) in [7, 11) is -1.90. The maximum absolute atomic E-state index is 14.4. The predicted molar refractivity (Wildman–Crippen MR) is 77.9 cm³/mol. The van der Waals surface area contributed by atoms with Crippen molar-refractivity contribution in [1.29, 1.82) is 0 Å². The monoisotopic (exact) mass is 362 g/mol. The molecule has 108 valence electrons. The van der Waals surface area contributed by atoms with Crippen molar-refractivity contribution in [2.24, 2.45) is 0 Å². The minimum absolute atomic E-state index is 0.00829. The van der Waals surface area contributed by atoms with Gasteiger partial charge in [-0.2, -0.15) is 0 Å². The molecule has 0 unspecified atom stereocenters. The number of esters is 1. The maximum Gasteiger partial charge on any atom is 0.303 e. The van der Waals surface area contributed by atoms with Crippen LogP contribution in [0, 0.1) is 0 Å². The Morgan fingerprint density at radius 3 is 2.50 bits per heavy atom. The lowest BCUT2D eigenvalue weighted by atomic mass is 9.81. The summed E-state index contributed by atoms with van der Waals surface area (Å²) in [6.07, 6.45) is -1.59. The molecular weight excluding hydrogens is 350 g/mol. The molecule has 0 heterocycles. The number of carbonyl (C=O) groups excluding carboxylic acids is 1. The molecule has 0 spiro atoms. The van der Waals surface area contributed by atoms with Crippen LogP contribution >= 0.6 is 15.9 Å². The zero-order chi connectivity index (χ0) is 15.2. The van der Waals surface area contributed by atoms with E-state index in [1.54, 1.807) is 13.9 Å². The number of benzene rings is 1. The summed E-state index contributed by atoms with van der Waals surface area (Å²) in [6, 6.07) is 2.98. The average Bonchev–Trinajstić information content (AvgIpc) is 2.54. The van der Waals surface area contributed by atoms with E-state index in [-0.39, 0.29) is 10.5 Å². The van der Waals surface area contributed by atoms with E-state index in [1.165, 1.54) is 13.0 Å². The second-order valence-corrected chi connectivity index (χ2v) is 7.75. The molecule has 1 aromatic carbocycles. The second kappa shape index (κ2) is 5.14. The van der Waals surface area contributed by atoms with Gasteiger partial charge in [-0.05, 0) is 23.5 Å². The molecule has 20 heavy (non-hydrogen) atoms. The molecule has 4 nitrogen and oxygen atoms in total. The van der Waals surface area contributed by atoms with Gasteiger partial charge < -0.3 is 4.74 Å². The Hall–Kier alpha value is -0.885. The molecule has 3 atom stereocenters. The van der Waals surface area contributed by atoms with E-state index in [0.717, 1.165) is 6.26 Å². The molecule has 0 bridgehead atoms. The number of ether oxygens (including phenoxy) is 1. The third-order valence-corrected chi connectivity index (χ3v) is 5.24. The first kappa shape index (κ1) is 15.5. The number of hydrogen-bond acceptors (Lipinski definition) is 4. The van der Waals surface area contributed by atoms with Crippen LogP contribution in [0.25, 0.3) is 0 Å². The Morgan fingerprint density at radius 2 is 2.00 bits per heavy atom. The first-order chi connectivity index (χ1) is 9.14. The van der Waals surface area contributed by atoms with Crippen LogP contribution in [-0.4, -0.2) is 34.7 Å². The molecule has 0 N–H and O–H groups in total. The minimum Gasteiger partial charge on any atom is -0.454 e. The number of alkyl halides is 1. The van der Waals surface area contributed by atoms with Gasteiger partial charge in [-0.15, -0.1) is 0 Å². The summed E-state index contributed by atoms with van der Waals surface area (Å²) in [4.78, 5) is 11.2. The third kappa shape index (κ3) is 2.51. The van der Waals surface area contributed by atoms with Crippen molar-refractivity contribution in [3.63, 3.8) is 0 Å². The van der Waals surface area contributed by atoms with Crippen molar-refractivity contribution in [3.8, 4) is 0 Å². The summed E-state index contributed by atoms with van der Waals surface area (Å²) < 4.78 is 43.8. The minimum atomic E-state index is -3.54. The molecule has 0 aliphatic heterocycles. The lowest BCUT2D eigenvalue weighted by Gasteiger charge is -2.17. The van der Waals surface area contributed by atoms with Gasteiger partial charge in [0.2, 0.25) is 0 Å². The van der Waals surface area contributed by atoms with Crippen molar-refractivity contribution >= 4 is 39.6 Å². The fourth-order valence-electron chi connectivity index (χ4n) is 2.55. The second-order valence-electron chi connectivity index (χ2n) is 4.91. The first-order valence-electron chi connectivity index (χ1n) is 5.98. The Labute approximate surface area is 126 Å². The predicted octanol–water partition coefficient (Wildman–Crippen LogP) is 1.48. The largest absolute Gasteiger partial charge is 0.454 e. The van der Waals surface area contributed by atoms with Gasteiger partial charge >= 0.3 is 5.97 Å². The molecule has 0 fully saturated rings. The van der Waals surface area contributed by atoms with Gasteiger partial charge in [-0.1, -0.05) is 15.9 Å². The lowest BCUT2D eigenvalue weighted by molar-refractivity contribution is -0.149. The molecule has 0 saturated carbocycles. The van der Waals surface area contributed by atoms with E-state index >= 15 is 0 Å². The molecule has 1 aromatic rings. The molecule has 0 aromatic heterocycles. The zero-order valence-corrected chi connectivity index (χ0v) is 13.6. The van der Waals surface area contributed by atoms with E-state index in [0.29, 0.717) is 10.0 Å².